The predicted octanol–water partition coefficient (Wildman–Crippen LogP) is 6.02. The molecule has 2 spiro atoms. The molecule has 0 amide bonds. The maximum absolute atomic E-state index is 3.89. The van der Waals surface area contributed by atoms with Crippen LogP contribution in [0.2, 0.25) is 0 Å². The standard InChI is InChI=1S/C20H22N2S2/c1-18(2)11-19(21-14-7-3-5-9-16(14)23-19)13-20(12-18)22-15-8-4-6-10-17(15)24-20/h3-10,21-22H,11-13H2,1-2H3/t19-,20-/m0/s1. The Morgan fingerprint density at radius 3 is 1.62 bits per heavy atom. The van der Waals surface area contributed by atoms with Gasteiger partial charge in [-0.2, -0.15) is 0 Å². The molecule has 4 heteroatoms. The van der Waals surface area contributed by atoms with Gasteiger partial charge in [-0.15, -0.1) is 0 Å². The highest BCUT2D eigenvalue weighted by Gasteiger charge is 2.56. The Hall–Kier alpha value is -1.26. The molecule has 3 aliphatic rings. The molecule has 1 aliphatic carbocycles. The molecule has 2 heterocycles. The maximum atomic E-state index is 3.89. The molecule has 0 radical (unpaired) electrons. The Bertz CT molecular complexity index is 699. The van der Waals surface area contributed by atoms with Crippen LogP contribution in [0.15, 0.2) is 58.3 Å². The fraction of sp³-hybridized carbons (Fsp3) is 0.400. The quantitative estimate of drug-likeness (QED) is 0.603. The summed E-state index contributed by atoms with van der Waals surface area (Å²) in [6, 6.07) is 17.5. The summed E-state index contributed by atoms with van der Waals surface area (Å²) in [6.07, 6.45) is 3.52. The summed E-state index contributed by atoms with van der Waals surface area (Å²) < 4.78 is 0. The lowest BCUT2D eigenvalue weighted by Gasteiger charge is -2.51. The van der Waals surface area contributed by atoms with Crippen LogP contribution < -0.4 is 10.6 Å². The summed E-state index contributed by atoms with van der Waals surface area (Å²) in [7, 11) is 0. The highest BCUT2D eigenvalue weighted by Crippen LogP contribution is 2.63. The van der Waals surface area contributed by atoms with E-state index in [9.17, 15) is 0 Å². The van der Waals surface area contributed by atoms with Crippen LogP contribution in [0.25, 0.3) is 0 Å². The van der Waals surface area contributed by atoms with Crippen LogP contribution in [0, 0.1) is 5.41 Å². The van der Waals surface area contributed by atoms with Gasteiger partial charge in [0.2, 0.25) is 0 Å². The summed E-state index contributed by atoms with van der Waals surface area (Å²) in [5, 5.41) is 7.79. The number of fused-ring (bicyclic) bond motifs is 2. The van der Waals surface area contributed by atoms with E-state index in [0.29, 0.717) is 5.41 Å². The Labute approximate surface area is 152 Å². The zero-order valence-corrected chi connectivity index (χ0v) is 15.7. The smallest absolute Gasteiger partial charge is 0.0916 e. The molecule has 2 aromatic rings. The molecule has 2 atom stereocenters. The van der Waals surface area contributed by atoms with Gasteiger partial charge in [0.1, 0.15) is 0 Å². The Balaban J connectivity index is 1.52. The fourth-order valence-corrected chi connectivity index (χ4v) is 8.37. The third-order valence-corrected chi connectivity index (χ3v) is 7.92. The van der Waals surface area contributed by atoms with Crippen molar-refractivity contribution >= 4 is 34.9 Å². The van der Waals surface area contributed by atoms with Crippen LogP contribution in [0.4, 0.5) is 11.4 Å². The molecule has 5 rings (SSSR count). The Morgan fingerprint density at radius 1 is 0.708 bits per heavy atom. The highest BCUT2D eigenvalue weighted by atomic mass is 32.2. The van der Waals surface area contributed by atoms with Gasteiger partial charge in [0.05, 0.1) is 9.74 Å². The molecule has 0 aromatic heterocycles. The zero-order valence-electron chi connectivity index (χ0n) is 14.1. The molecular formula is C20H22N2S2. The second-order valence-corrected chi connectivity index (χ2v) is 11.0. The summed E-state index contributed by atoms with van der Waals surface area (Å²) in [5.41, 5.74) is 2.90. The zero-order chi connectivity index (χ0) is 16.4. The van der Waals surface area contributed by atoms with E-state index in [0.717, 1.165) is 6.42 Å². The molecule has 1 fully saturated rings. The van der Waals surface area contributed by atoms with E-state index in [1.54, 1.807) is 0 Å². The summed E-state index contributed by atoms with van der Waals surface area (Å²) in [6.45, 7) is 4.85. The van der Waals surface area contributed by atoms with Crippen LogP contribution in [0.3, 0.4) is 0 Å². The highest BCUT2D eigenvalue weighted by molar-refractivity contribution is 8.02. The van der Waals surface area contributed by atoms with Crippen molar-refractivity contribution in [1.82, 2.24) is 0 Å². The normalized spacial score (nSPS) is 32.2. The van der Waals surface area contributed by atoms with Gasteiger partial charge in [-0.05, 0) is 42.5 Å². The molecule has 0 bridgehead atoms. The number of rotatable bonds is 0. The molecule has 2 N–H and O–H groups in total. The SMILES string of the molecule is CC1(C)C[C@]2(C[C@@]3(C1)Nc1ccccc1S3)Nc1ccccc1S2. The molecular weight excluding hydrogens is 332 g/mol. The monoisotopic (exact) mass is 354 g/mol. The predicted molar refractivity (Wildman–Crippen MR) is 105 cm³/mol. The maximum Gasteiger partial charge on any atom is 0.0916 e. The van der Waals surface area contributed by atoms with Crippen molar-refractivity contribution in [3.8, 4) is 0 Å². The average Bonchev–Trinajstić information content (AvgIpc) is 3.00. The Kier molecular flexibility index (Phi) is 3.06. The van der Waals surface area contributed by atoms with Crippen LogP contribution >= 0.6 is 23.5 Å². The number of hydrogen-bond donors (Lipinski definition) is 2. The largest absolute Gasteiger partial charge is 0.369 e. The lowest BCUT2D eigenvalue weighted by molar-refractivity contribution is 0.189. The lowest BCUT2D eigenvalue weighted by Crippen LogP contribution is -2.53. The van der Waals surface area contributed by atoms with Crippen molar-refractivity contribution in [3.05, 3.63) is 48.5 Å². The van der Waals surface area contributed by atoms with Gasteiger partial charge in [0, 0.05) is 27.6 Å². The first-order valence-corrected chi connectivity index (χ1v) is 10.2. The number of para-hydroxylation sites is 2. The fourth-order valence-electron chi connectivity index (χ4n) is 4.80. The molecule has 1 saturated carbocycles. The van der Waals surface area contributed by atoms with Crippen molar-refractivity contribution in [1.29, 1.82) is 0 Å². The van der Waals surface area contributed by atoms with Gasteiger partial charge in [-0.25, -0.2) is 0 Å². The van der Waals surface area contributed by atoms with Crippen molar-refractivity contribution in [2.75, 3.05) is 10.6 Å². The van der Waals surface area contributed by atoms with E-state index in [1.165, 1.54) is 34.0 Å². The second kappa shape index (κ2) is 4.89. The molecule has 2 aromatic carbocycles. The number of hydrogen-bond acceptors (Lipinski definition) is 4. The van der Waals surface area contributed by atoms with Gasteiger partial charge in [0.25, 0.3) is 0 Å². The minimum Gasteiger partial charge on any atom is -0.369 e. The van der Waals surface area contributed by atoms with E-state index in [1.807, 2.05) is 23.5 Å². The first kappa shape index (κ1) is 15.0. The number of anilines is 2. The first-order valence-electron chi connectivity index (χ1n) is 8.59. The van der Waals surface area contributed by atoms with Crippen LogP contribution in [0.1, 0.15) is 33.1 Å². The topological polar surface area (TPSA) is 24.1 Å². The van der Waals surface area contributed by atoms with Gasteiger partial charge in [0.15, 0.2) is 0 Å². The van der Waals surface area contributed by atoms with E-state index >= 15 is 0 Å². The average molecular weight is 355 g/mol. The van der Waals surface area contributed by atoms with Crippen LogP contribution in [0.5, 0.6) is 0 Å². The van der Waals surface area contributed by atoms with E-state index in [4.69, 9.17) is 0 Å². The lowest BCUT2D eigenvalue weighted by atomic mass is 9.71. The van der Waals surface area contributed by atoms with Crippen molar-refractivity contribution in [2.45, 2.75) is 52.6 Å². The third-order valence-electron chi connectivity index (χ3n) is 5.21. The molecule has 0 unspecified atom stereocenters. The number of nitrogens with one attached hydrogen (secondary N) is 2. The van der Waals surface area contributed by atoms with Crippen molar-refractivity contribution in [3.63, 3.8) is 0 Å². The minimum atomic E-state index is 0.0908. The summed E-state index contributed by atoms with van der Waals surface area (Å²) >= 11 is 4.07. The summed E-state index contributed by atoms with van der Waals surface area (Å²) in [5.74, 6) is 0. The summed E-state index contributed by atoms with van der Waals surface area (Å²) in [4.78, 5) is 2.97. The molecule has 124 valence electrons. The first-order chi connectivity index (χ1) is 11.5. The molecule has 2 aliphatic heterocycles. The van der Waals surface area contributed by atoms with Crippen molar-refractivity contribution < 1.29 is 0 Å². The van der Waals surface area contributed by atoms with Crippen LogP contribution in [-0.2, 0) is 0 Å². The van der Waals surface area contributed by atoms with E-state index in [-0.39, 0.29) is 9.74 Å². The minimum absolute atomic E-state index is 0.0908. The van der Waals surface area contributed by atoms with Crippen LogP contribution in [-0.4, -0.2) is 9.74 Å². The molecule has 2 nitrogen and oxygen atoms in total. The van der Waals surface area contributed by atoms with Gasteiger partial charge >= 0.3 is 0 Å². The van der Waals surface area contributed by atoms with E-state index in [2.05, 4.69) is 73.0 Å². The van der Waals surface area contributed by atoms with E-state index < -0.39 is 0 Å². The number of benzene rings is 2. The Morgan fingerprint density at radius 2 is 1.17 bits per heavy atom. The number of thioether (sulfide) groups is 2. The van der Waals surface area contributed by atoms with Crippen molar-refractivity contribution in [2.24, 2.45) is 5.41 Å². The third kappa shape index (κ3) is 2.34. The second-order valence-electron chi connectivity index (χ2n) is 8.13. The van der Waals surface area contributed by atoms with Gasteiger partial charge in [-0.3, -0.25) is 0 Å². The van der Waals surface area contributed by atoms with Gasteiger partial charge in [-0.1, -0.05) is 61.6 Å². The van der Waals surface area contributed by atoms with Gasteiger partial charge < -0.3 is 10.6 Å². The molecule has 0 saturated heterocycles. The molecule has 24 heavy (non-hydrogen) atoms.